The van der Waals surface area contributed by atoms with Gasteiger partial charge in [-0.1, -0.05) is 12.1 Å². The summed E-state index contributed by atoms with van der Waals surface area (Å²) in [4.78, 5) is 11.3. The van der Waals surface area contributed by atoms with Crippen LogP contribution in [0.2, 0.25) is 0 Å². The predicted octanol–water partition coefficient (Wildman–Crippen LogP) is 3.88. The molecule has 0 heterocycles. The second kappa shape index (κ2) is 6.30. The zero-order valence-electron chi connectivity index (χ0n) is 11.1. The maximum atomic E-state index is 11.3. The number of carbonyl (C=O) groups is 1. The lowest BCUT2D eigenvalue weighted by Crippen LogP contribution is -1.95. The molecule has 4 nitrogen and oxygen atoms in total. The largest absolute Gasteiger partial charge is 0.493 e. The molecule has 0 aliphatic rings. The van der Waals surface area contributed by atoms with Crippen LogP contribution < -0.4 is 14.2 Å². The normalized spacial score (nSPS) is 9.95. The van der Waals surface area contributed by atoms with E-state index in [1.165, 1.54) is 7.11 Å². The highest BCUT2D eigenvalue weighted by Crippen LogP contribution is 2.34. The zero-order valence-corrected chi connectivity index (χ0v) is 11.8. The molecule has 2 aromatic carbocycles. The summed E-state index contributed by atoms with van der Waals surface area (Å²) in [5, 5.41) is -0.568. The Kier molecular flexibility index (Phi) is 4.48. The quantitative estimate of drug-likeness (QED) is 0.785. The molecule has 5 heteroatoms. The van der Waals surface area contributed by atoms with Gasteiger partial charge in [-0.05, 0) is 35.9 Å². The third kappa shape index (κ3) is 3.03. The van der Waals surface area contributed by atoms with E-state index in [2.05, 4.69) is 0 Å². The molecule has 0 fully saturated rings. The van der Waals surface area contributed by atoms with E-state index in [-0.39, 0.29) is 0 Å². The van der Waals surface area contributed by atoms with Crippen LogP contribution in [0, 0.1) is 0 Å². The van der Waals surface area contributed by atoms with Crippen molar-refractivity contribution in [2.75, 3.05) is 14.2 Å². The van der Waals surface area contributed by atoms with Crippen molar-refractivity contribution in [2.24, 2.45) is 0 Å². The fourth-order valence-electron chi connectivity index (χ4n) is 1.73. The highest BCUT2D eigenvalue weighted by molar-refractivity contribution is 6.68. The van der Waals surface area contributed by atoms with Crippen molar-refractivity contribution in [2.45, 2.75) is 0 Å². The standard InChI is InChI=1S/C15H13ClO4/c1-18-13-8-7-10(9-14(13)19-2)20-12-6-4-3-5-11(12)15(16)17/h3-9H,1-2H3. The number of benzene rings is 2. The average Bonchev–Trinajstić information content (AvgIpc) is 2.47. The summed E-state index contributed by atoms with van der Waals surface area (Å²) in [5.41, 5.74) is 0.309. The Hall–Kier alpha value is -2.20. The number of rotatable bonds is 5. The van der Waals surface area contributed by atoms with Crippen molar-refractivity contribution in [3.05, 3.63) is 48.0 Å². The Morgan fingerprint density at radius 1 is 0.950 bits per heavy atom. The summed E-state index contributed by atoms with van der Waals surface area (Å²) in [5.74, 6) is 2.05. The van der Waals surface area contributed by atoms with Crippen molar-refractivity contribution in [3.8, 4) is 23.0 Å². The van der Waals surface area contributed by atoms with Crippen LogP contribution in [0.15, 0.2) is 42.5 Å². The van der Waals surface area contributed by atoms with Gasteiger partial charge in [0.1, 0.15) is 11.5 Å². The predicted molar refractivity (Wildman–Crippen MR) is 76.2 cm³/mol. The van der Waals surface area contributed by atoms with Gasteiger partial charge in [-0.25, -0.2) is 0 Å². The Bertz CT molecular complexity index is 625. The Balaban J connectivity index is 2.33. The van der Waals surface area contributed by atoms with Gasteiger partial charge in [-0.3, -0.25) is 4.79 Å². The van der Waals surface area contributed by atoms with E-state index in [1.54, 1.807) is 49.6 Å². The van der Waals surface area contributed by atoms with Crippen molar-refractivity contribution in [1.29, 1.82) is 0 Å². The molecule has 2 aromatic rings. The van der Waals surface area contributed by atoms with Crippen LogP contribution in [0.3, 0.4) is 0 Å². The number of para-hydroxylation sites is 1. The number of hydrogen-bond acceptors (Lipinski definition) is 4. The van der Waals surface area contributed by atoms with Crippen LogP contribution in [0.5, 0.6) is 23.0 Å². The average molecular weight is 293 g/mol. The second-order valence-corrected chi connectivity index (χ2v) is 4.23. The van der Waals surface area contributed by atoms with Crippen LogP contribution >= 0.6 is 11.6 Å². The molecular weight excluding hydrogens is 280 g/mol. The molecule has 0 radical (unpaired) electrons. The van der Waals surface area contributed by atoms with Crippen molar-refractivity contribution >= 4 is 16.8 Å². The molecule has 0 aliphatic carbocycles. The molecule has 20 heavy (non-hydrogen) atoms. The zero-order chi connectivity index (χ0) is 14.5. The van der Waals surface area contributed by atoms with Gasteiger partial charge in [0.25, 0.3) is 5.24 Å². The Morgan fingerprint density at radius 3 is 2.30 bits per heavy atom. The fourth-order valence-corrected chi connectivity index (χ4v) is 1.88. The maximum Gasteiger partial charge on any atom is 0.256 e. The number of hydrogen-bond donors (Lipinski definition) is 0. The van der Waals surface area contributed by atoms with E-state index < -0.39 is 5.24 Å². The molecule has 0 bridgehead atoms. The van der Waals surface area contributed by atoms with Crippen LogP contribution in [0.25, 0.3) is 0 Å². The lowest BCUT2D eigenvalue weighted by Gasteiger charge is -2.12. The van der Waals surface area contributed by atoms with Gasteiger partial charge >= 0.3 is 0 Å². The van der Waals surface area contributed by atoms with Gasteiger partial charge in [0.2, 0.25) is 0 Å². The molecule has 104 valence electrons. The van der Waals surface area contributed by atoms with E-state index in [1.807, 2.05) is 0 Å². The minimum absolute atomic E-state index is 0.309. The minimum Gasteiger partial charge on any atom is -0.493 e. The van der Waals surface area contributed by atoms with Crippen LogP contribution in [0.4, 0.5) is 0 Å². The van der Waals surface area contributed by atoms with E-state index in [0.29, 0.717) is 28.6 Å². The molecule has 2 rings (SSSR count). The van der Waals surface area contributed by atoms with Crippen LogP contribution in [-0.2, 0) is 0 Å². The molecule has 0 saturated heterocycles. The molecule has 0 saturated carbocycles. The summed E-state index contributed by atoms with van der Waals surface area (Å²) in [6.45, 7) is 0. The smallest absolute Gasteiger partial charge is 0.256 e. The molecular formula is C15H13ClO4. The second-order valence-electron chi connectivity index (χ2n) is 3.89. The van der Waals surface area contributed by atoms with E-state index in [4.69, 9.17) is 25.8 Å². The summed E-state index contributed by atoms with van der Waals surface area (Å²) in [6.07, 6.45) is 0. The van der Waals surface area contributed by atoms with E-state index in [9.17, 15) is 4.79 Å². The fraction of sp³-hybridized carbons (Fsp3) is 0.133. The number of halogens is 1. The van der Waals surface area contributed by atoms with Gasteiger partial charge in [0, 0.05) is 6.07 Å². The Labute approximate surface area is 121 Å². The van der Waals surface area contributed by atoms with Crippen molar-refractivity contribution in [3.63, 3.8) is 0 Å². The third-order valence-electron chi connectivity index (χ3n) is 2.68. The Morgan fingerprint density at radius 2 is 1.65 bits per heavy atom. The summed E-state index contributed by atoms with van der Waals surface area (Å²) >= 11 is 5.52. The highest BCUT2D eigenvalue weighted by Gasteiger charge is 2.11. The van der Waals surface area contributed by atoms with E-state index in [0.717, 1.165) is 0 Å². The monoisotopic (exact) mass is 292 g/mol. The summed E-state index contributed by atoms with van der Waals surface area (Å²) in [6, 6.07) is 11.9. The lowest BCUT2D eigenvalue weighted by molar-refractivity contribution is 0.107. The van der Waals surface area contributed by atoms with Crippen molar-refractivity contribution in [1.82, 2.24) is 0 Å². The molecule has 0 aliphatic heterocycles. The molecule has 0 N–H and O–H groups in total. The van der Waals surface area contributed by atoms with Gasteiger partial charge in [0.05, 0.1) is 19.8 Å². The third-order valence-corrected chi connectivity index (χ3v) is 2.89. The first kappa shape index (κ1) is 14.2. The molecule has 0 spiro atoms. The van der Waals surface area contributed by atoms with Gasteiger partial charge in [-0.15, -0.1) is 0 Å². The minimum atomic E-state index is -0.568. The van der Waals surface area contributed by atoms with E-state index >= 15 is 0 Å². The topological polar surface area (TPSA) is 44.8 Å². The SMILES string of the molecule is COc1ccc(Oc2ccccc2C(=O)Cl)cc1OC. The number of methoxy groups -OCH3 is 2. The van der Waals surface area contributed by atoms with Crippen LogP contribution in [-0.4, -0.2) is 19.5 Å². The number of ether oxygens (including phenoxy) is 3. The summed E-state index contributed by atoms with van der Waals surface area (Å²) in [7, 11) is 3.09. The first-order valence-electron chi connectivity index (χ1n) is 5.84. The first-order chi connectivity index (χ1) is 9.65. The van der Waals surface area contributed by atoms with Crippen molar-refractivity contribution < 1.29 is 19.0 Å². The first-order valence-corrected chi connectivity index (χ1v) is 6.22. The lowest BCUT2D eigenvalue weighted by atomic mass is 10.2. The van der Waals surface area contributed by atoms with Gasteiger partial charge in [0.15, 0.2) is 11.5 Å². The molecule has 0 atom stereocenters. The molecule has 0 unspecified atom stereocenters. The summed E-state index contributed by atoms with van der Waals surface area (Å²) < 4.78 is 16.0. The maximum absolute atomic E-state index is 11.3. The van der Waals surface area contributed by atoms with Crippen LogP contribution in [0.1, 0.15) is 10.4 Å². The van der Waals surface area contributed by atoms with Gasteiger partial charge in [-0.2, -0.15) is 0 Å². The van der Waals surface area contributed by atoms with Gasteiger partial charge < -0.3 is 14.2 Å². The highest BCUT2D eigenvalue weighted by atomic mass is 35.5. The number of carbonyl (C=O) groups excluding carboxylic acids is 1. The molecule has 0 aromatic heterocycles. The molecule has 0 amide bonds.